The van der Waals surface area contributed by atoms with Crippen molar-refractivity contribution in [3.8, 4) is 0 Å². The molecular weight excluding hydrogens is 348 g/mol. The normalized spacial score (nSPS) is 16.0. The van der Waals surface area contributed by atoms with Gasteiger partial charge in [-0.25, -0.2) is 12.7 Å². The zero-order valence-electron chi connectivity index (χ0n) is 16.1. The molecule has 1 saturated heterocycles. The Morgan fingerprint density at radius 3 is 2.35 bits per heavy atom. The molecule has 0 spiro atoms. The average molecular weight is 381 g/mol. The van der Waals surface area contributed by atoms with Crippen LogP contribution in [0.1, 0.15) is 57.9 Å². The molecule has 2 rings (SSSR count). The van der Waals surface area contributed by atoms with E-state index in [0.29, 0.717) is 38.9 Å². The van der Waals surface area contributed by atoms with Crippen LogP contribution < -0.4 is 0 Å². The third kappa shape index (κ3) is 6.40. The predicted octanol–water partition coefficient (Wildman–Crippen LogP) is 3.41. The summed E-state index contributed by atoms with van der Waals surface area (Å²) in [5.74, 6) is 0.250. The fraction of sp³-hybridized carbons (Fsp3) is 0.650. The van der Waals surface area contributed by atoms with Gasteiger partial charge in [0.25, 0.3) is 0 Å². The van der Waals surface area contributed by atoms with E-state index in [1.165, 1.54) is 0 Å². The Labute approximate surface area is 158 Å². The van der Waals surface area contributed by atoms with Crippen LogP contribution in [-0.2, 0) is 21.4 Å². The van der Waals surface area contributed by atoms with E-state index in [0.717, 1.165) is 24.8 Å². The highest BCUT2D eigenvalue weighted by atomic mass is 32.2. The van der Waals surface area contributed by atoms with E-state index in [1.807, 2.05) is 49.1 Å². The van der Waals surface area contributed by atoms with Crippen LogP contribution in [0.25, 0.3) is 0 Å². The van der Waals surface area contributed by atoms with Gasteiger partial charge >= 0.3 is 0 Å². The number of carbonyl (C=O) groups is 1. The lowest BCUT2D eigenvalue weighted by Crippen LogP contribution is -2.37. The van der Waals surface area contributed by atoms with Gasteiger partial charge in [0.2, 0.25) is 15.9 Å². The first-order valence-corrected chi connectivity index (χ1v) is 11.3. The van der Waals surface area contributed by atoms with Gasteiger partial charge in [0.05, 0.1) is 5.75 Å². The molecule has 1 aromatic rings. The summed E-state index contributed by atoms with van der Waals surface area (Å²) in [4.78, 5) is 14.5. The molecule has 1 fully saturated rings. The van der Waals surface area contributed by atoms with E-state index >= 15 is 0 Å². The van der Waals surface area contributed by atoms with Crippen molar-refractivity contribution < 1.29 is 13.2 Å². The minimum Gasteiger partial charge on any atom is -0.336 e. The fourth-order valence-corrected chi connectivity index (χ4v) is 4.96. The highest BCUT2D eigenvalue weighted by Crippen LogP contribution is 2.16. The maximum absolute atomic E-state index is 12.6. The zero-order valence-corrected chi connectivity index (χ0v) is 16.9. The summed E-state index contributed by atoms with van der Waals surface area (Å²) in [6, 6.07) is 10.1. The molecule has 6 heteroatoms. The smallest absolute Gasteiger partial charge is 0.223 e. The van der Waals surface area contributed by atoms with E-state index in [-0.39, 0.29) is 17.7 Å². The third-order valence-electron chi connectivity index (χ3n) is 4.89. The Hall–Kier alpha value is -1.40. The largest absolute Gasteiger partial charge is 0.336 e. The Morgan fingerprint density at radius 2 is 1.73 bits per heavy atom. The molecule has 0 N–H and O–H groups in total. The first-order chi connectivity index (χ1) is 12.4. The van der Waals surface area contributed by atoms with Gasteiger partial charge in [-0.15, -0.1) is 0 Å². The number of nitrogens with zero attached hydrogens (tertiary/aromatic N) is 2. The monoisotopic (exact) mass is 380 g/mol. The molecule has 1 amide bonds. The van der Waals surface area contributed by atoms with Crippen molar-refractivity contribution in [2.75, 3.05) is 18.8 Å². The summed E-state index contributed by atoms with van der Waals surface area (Å²) in [5, 5.41) is 0. The van der Waals surface area contributed by atoms with Crippen molar-refractivity contribution in [2.24, 2.45) is 0 Å². The molecule has 26 heavy (non-hydrogen) atoms. The Bertz CT molecular complexity index is 653. The maximum Gasteiger partial charge on any atom is 0.223 e. The van der Waals surface area contributed by atoms with Crippen LogP contribution in [0.2, 0.25) is 0 Å². The summed E-state index contributed by atoms with van der Waals surface area (Å²) < 4.78 is 26.3. The second-order valence-corrected chi connectivity index (χ2v) is 9.42. The fourth-order valence-electron chi connectivity index (χ4n) is 3.32. The second-order valence-electron chi connectivity index (χ2n) is 7.33. The van der Waals surface area contributed by atoms with Crippen molar-refractivity contribution in [3.63, 3.8) is 0 Å². The molecule has 0 aliphatic carbocycles. The number of benzene rings is 1. The van der Waals surface area contributed by atoms with Crippen LogP contribution in [0, 0.1) is 0 Å². The number of piperidine rings is 1. The lowest BCUT2D eigenvalue weighted by Gasteiger charge is -2.27. The first-order valence-electron chi connectivity index (χ1n) is 9.71. The minimum atomic E-state index is -3.16. The molecule has 0 unspecified atom stereocenters. The topological polar surface area (TPSA) is 57.7 Å². The Morgan fingerprint density at radius 1 is 1.08 bits per heavy atom. The van der Waals surface area contributed by atoms with Crippen molar-refractivity contribution in [2.45, 2.75) is 65.0 Å². The summed E-state index contributed by atoms with van der Waals surface area (Å²) in [7, 11) is -3.16. The van der Waals surface area contributed by atoms with E-state index in [4.69, 9.17) is 0 Å². The molecule has 0 radical (unpaired) electrons. The summed E-state index contributed by atoms with van der Waals surface area (Å²) in [5.41, 5.74) is 1.11. The third-order valence-corrected chi connectivity index (χ3v) is 6.85. The zero-order chi connectivity index (χ0) is 19.0. The van der Waals surface area contributed by atoms with E-state index in [1.54, 1.807) is 4.31 Å². The molecule has 0 saturated carbocycles. The predicted molar refractivity (Wildman–Crippen MR) is 105 cm³/mol. The summed E-state index contributed by atoms with van der Waals surface area (Å²) in [6.07, 6.45) is 4.60. The van der Waals surface area contributed by atoms with Gasteiger partial charge in [-0.05, 0) is 45.1 Å². The number of carbonyl (C=O) groups excluding carboxylic acids is 1. The maximum atomic E-state index is 12.6. The van der Waals surface area contributed by atoms with Gasteiger partial charge in [-0.1, -0.05) is 36.8 Å². The van der Waals surface area contributed by atoms with Gasteiger partial charge in [-0.3, -0.25) is 4.79 Å². The minimum absolute atomic E-state index is 0.0965. The lowest BCUT2D eigenvalue weighted by molar-refractivity contribution is -0.133. The molecule has 0 atom stereocenters. The molecule has 0 aromatic heterocycles. The quantitative estimate of drug-likeness (QED) is 0.617. The van der Waals surface area contributed by atoms with Gasteiger partial charge in [0, 0.05) is 32.1 Å². The molecule has 5 nitrogen and oxygen atoms in total. The number of amides is 1. The highest BCUT2D eigenvalue weighted by molar-refractivity contribution is 7.89. The molecule has 1 heterocycles. The first kappa shape index (κ1) is 20.9. The van der Waals surface area contributed by atoms with Crippen LogP contribution in [0.4, 0.5) is 0 Å². The van der Waals surface area contributed by atoms with E-state index < -0.39 is 10.0 Å². The van der Waals surface area contributed by atoms with E-state index in [9.17, 15) is 13.2 Å². The Balaban J connectivity index is 1.78. The van der Waals surface area contributed by atoms with Gasteiger partial charge in [-0.2, -0.15) is 0 Å². The van der Waals surface area contributed by atoms with Crippen molar-refractivity contribution >= 4 is 15.9 Å². The number of rotatable bonds is 9. The second kappa shape index (κ2) is 10.1. The van der Waals surface area contributed by atoms with Gasteiger partial charge in [0.1, 0.15) is 0 Å². The van der Waals surface area contributed by atoms with Crippen molar-refractivity contribution in [1.29, 1.82) is 0 Å². The van der Waals surface area contributed by atoms with Crippen molar-refractivity contribution in [3.05, 3.63) is 35.9 Å². The average Bonchev–Trinajstić information content (AvgIpc) is 2.64. The summed E-state index contributed by atoms with van der Waals surface area (Å²) in [6.45, 7) is 5.94. The number of unbranched alkanes of at least 4 members (excludes halogenated alkanes) is 1. The molecule has 0 bridgehead atoms. The van der Waals surface area contributed by atoms with Crippen LogP contribution in [0.15, 0.2) is 30.3 Å². The molecule has 146 valence electrons. The van der Waals surface area contributed by atoms with Crippen LogP contribution in [-0.4, -0.2) is 48.4 Å². The molecule has 1 aliphatic rings. The number of hydrogen-bond acceptors (Lipinski definition) is 3. The van der Waals surface area contributed by atoms with Crippen LogP contribution in [0.5, 0.6) is 0 Å². The molecular formula is C20H32N2O3S. The van der Waals surface area contributed by atoms with Crippen molar-refractivity contribution in [1.82, 2.24) is 9.21 Å². The van der Waals surface area contributed by atoms with Gasteiger partial charge in [0.15, 0.2) is 0 Å². The SMILES string of the molecule is CC(C)N(Cc1ccccc1)C(=O)CCCCS(=O)(=O)N1CCCCC1. The standard InChI is InChI=1S/C20H32N2O3S/c1-18(2)22(17-19-11-5-3-6-12-19)20(23)13-7-10-16-26(24,25)21-14-8-4-9-15-21/h3,5-6,11-12,18H,4,7-10,13-17H2,1-2H3. The molecule has 1 aromatic carbocycles. The summed E-state index contributed by atoms with van der Waals surface area (Å²) >= 11 is 0. The van der Waals surface area contributed by atoms with Crippen LogP contribution in [0.3, 0.4) is 0 Å². The van der Waals surface area contributed by atoms with Gasteiger partial charge < -0.3 is 4.90 Å². The highest BCUT2D eigenvalue weighted by Gasteiger charge is 2.23. The van der Waals surface area contributed by atoms with E-state index in [2.05, 4.69) is 0 Å². The Kier molecular flexibility index (Phi) is 8.10. The molecule has 1 aliphatic heterocycles. The lowest BCUT2D eigenvalue weighted by atomic mass is 10.1. The number of hydrogen-bond donors (Lipinski definition) is 0. The number of sulfonamides is 1. The van der Waals surface area contributed by atoms with Crippen LogP contribution >= 0.6 is 0 Å².